The molecule has 0 spiro atoms. The molecule has 1 aromatic carbocycles. The Bertz CT molecular complexity index is 502. The summed E-state index contributed by atoms with van der Waals surface area (Å²) in [4.78, 5) is 8.75. The predicted molar refractivity (Wildman–Crippen MR) is 65.9 cm³/mol. The van der Waals surface area contributed by atoms with Crippen molar-refractivity contribution in [2.24, 2.45) is 0 Å². The van der Waals surface area contributed by atoms with Crippen molar-refractivity contribution in [2.45, 2.75) is 10.7 Å². The third-order valence-corrected chi connectivity index (χ3v) is 2.92. The lowest BCUT2D eigenvalue weighted by atomic mass is 10.2. The second-order valence-corrected chi connectivity index (χ2v) is 4.41. The van der Waals surface area contributed by atoms with Crippen molar-refractivity contribution in [2.75, 3.05) is 7.11 Å². The molecular formula is C12H10F2N2OS. The summed E-state index contributed by atoms with van der Waals surface area (Å²) >= 11 is 0.514. The third kappa shape index (κ3) is 3.16. The van der Waals surface area contributed by atoms with Crippen LogP contribution in [0.15, 0.2) is 41.6 Å². The summed E-state index contributed by atoms with van der Waals surface area (Å²) in [5.74, 6) is -1.30. The van der Waals surface area contributed by atoms with E-state index in [4.69, 9.17) is 4.74 Å². The molecule has 0 radical (unpaired) electrons. The summed E-state index contributed by atoms with van der Waals surface area (Å²) in [6.07, 6.45) is 3.12. The maximum Gasteiger partial charge on any atom is 0.288 e. The van der Waals surface area contributed by atoms with Gasteiger partial charge in [0.1, 0.15) is 0 Å². The van der Waals surface area contributed by atoms with Crippen molar-refractivity contribution in [3.8, 4) is 17.1 Å². The van der Waals surface area contributed by atoms with E-state index in [0.29, 0.717) is 28.2 Å². The van der Waals surface area contributed by atoms with Gasteiger partial charge in [0.2, 0.25) is 0 Å². The average Bonchev–Trinajstić information content (AvgIpc) is 2.39. The molecule has 0 amide bonds. The normalized spacial score (nSPS) is 10.7. The number of methoxy groups -OCH3 is 1. The van der Waals surface area contributed by atoms with Gasteiger partial charge in [-0.1, -0.05) is 23.9 Å². The Balaban J connectivity index is 2.17. The molecule has 1 aromatic heterocycles. The number of hydrogen-bond donors (Lipinski definition) is 0. The summed E-state index contributed by atoms with van der Waals surface area (Å²) in [6.45, 7) is 0. The number of thioether (sulfide) groups is 1. The van der Waals surface area contributed by atoms with Gasteiger partial charge in [-0.3, -0.25) is 0 Å². The first-order valence-corrected chi connectivity index (χ1v) is 5.98. The molecule has 1 heterocycles. The molecule has 94 valence electrons. The zero-order valence-corrected chi connectivity index (χ0v) is 10.3. The molecule has 0 fully saturated rings. The third-order valence-electron chi connectivity index (χ3n) is 2.20. The highest BCUT2D eigenvalue weighted by Gasteiger charge is 2.06. The zero-order chi connectivity index (χ0) is 13.0. The first-order chi connectivity index (χ1) is 8.69. The number of benzene rings is 1. The molecule has 0 atom stereocenters. The zero-order valence-electron chi connectivity index (χ0n) is 9.51. The lowest BCUT2D eigenvalue weighted by Gasteiger charge is -2.03. The van der Waals surface area contributed by atoms with Gasteiger partial charge >= 0.3 is 0 Å². The van der Waals surface area contributed by atoms with Crippen LogP contribution in [0.25, 0.3) is 11.4 Å². The second kappa shape index (κ2) is 5.77. The Morgan fingerprint density at radius 1 is 1.11 bits per heavy atom. The number of rotatable bonds is 4. The van der Waals surface area contributed by atoms with Gasteiger partial charge in [0.25, 0.3) is 5.76 Å². The molecule has 0 saturated heterocycles. The Morgan fingerprint density at radius 2 is 1.72 bits per heavy atom. The molecule has 0 aliphatic carbocycles. The van der Waals surface area contributed by atoms with Crippen molar-refractivity contribution in [3.05, 3.63) is 36.7 Å². The van der Waals surface area contributed by atoms with Crippen LogP contribution in [0.4, 0.5) is 8.78 Å². The van der Waals surface area contributed by atoms with Gasteiger partial charge in [0.05, 0.1) is 19.5 Å². The van der Waals surface area contributed by atoms with E-state index in [2.05, 4.69) is 9.97 Å². The molecule has 0 bridgehead atoms. The van der Waals surface area contributed by atoms with Crippen LogP contribution in [0.2, 0.25) is 0 Å². The quantitative estimate of drug-likeness (QED) is 0.795. The van der Waals surface area contributed by atoms with Crippen LogP contribution in [0.5, 0.6) is 5.75 Å². The van der Waals surface area contributed by atoms with E-state index in [1.807, 2.05) is 0 Å². The molecule has 0 saturated carbocycles. The summed E-state index contributed by atoms with van der Waals surface area (Å²) in [5, 5.41) is 0. The predicted octanol–water partition coefficient (Wildman–Crippen LogP) is 3.47. The van der Waals surface area contributed by atoms with Crippen LogP contribution in [-0.2, 0) is 0 Å². The minimum atomic E-state index is -2.41. The molecule has 0 N–H and O–H groups in total. The van der Waals surface area contributed by atoms with Gasteiger partial charge < -0.3 is 4.74 Å². The van der Waals surface area contributed by atoms with E-state index in [1.54, 1.807) is 36.7 Å². The van der Waals surface area contributed by atoms with Gasteiger partial charge in [-0.25, -0.2) is 9.97 Å². The Kier molecular flexibility index (Phi) is 4.09. The van der Waals surface area contributed by atoms with Crippen LogP contribution in [0, 0.1) is 0 Å². The highest BCUT2D eigenvalue weighted by atomic mass is 32.2. The highest BCUT2D eigenvalue weighted by Crippen LogP contribution is 2.27. The number of hydrogen-bond acceptors (Lipinski definition) is 4. The Morgan fingerprint density at radius 3 is 2.22 bits per heavy atom. The fraction of sp³-hybridized carbons (Fsp3) is 0.167. The SMILES string of the molecule is COc1cnc(-c2ccc(SC(F)F)cc2)nc1. The summed E-state index contributed by atoms with van der Waals surface area (Å²) < 4.78 is 29.3. The fourth-order valence-corrected chi connectivity index (χ4v) is 1.86. The Labute approximate surface area is 107 Å². The molecule has 2 aromatic rings. The van der Waals surface area contributed by atoms with E-state index in [0.717, 1.165) is 5.56 Å². The minimum absolute atomic E-state index is 0.514. The van der Waals surface area contributed by atoms with E-state index in [9.17, 15) is 8.78 Å². The van der Waals surface area contributed by atoms with Crippen molar-refractivity contribution in [3.63, 3.8) is 0 Å². The van der Waals surface area contributed by atoms with Crippen LogP contribution in [0.1, 0.15) is 0 Å². The average molecular weight is 268 g/mol. The van der Waals surface area contributed by atoms with Crippen molar-refractivity contribution in [1.29, 1.82) is 0 Å². The van der Waals surface area contributed by atoms with Gasteiger partial charge in [-0.05, 0) is 12.1 Å². The van der Waals surface area contributed by atoms with Gasteiger partial charge in [-0.2, -0.15) is 8.78 Å². The Hall–Kier alpha value is -1.69. The number of ether oxygens (including phenoxy) is 1. The van der Waals surface area contributed by atoms with Gasteiger partial charge in [0, 0.05) is 10.5 Å². The lowest BCUT2D eigenvalue weighted by molar-refractivity contribution is 0.252. The van der Waals surface area contributed by atoms with Crippen LogP contribution >= 0.6 is 11.8 Å². The first kappa shape index (κ1) is 12.8. The monoisotopic (exact) mass is 268 g/mol. The molecule has 3 nitrogen and oxygen atoms in total. The molecule has 2 rings (SSSR count). The van der Waals surface area contributed by atoms with Crippen LogP contribution in [-0.4, -0.2) is 22.8 Å². The van der Waals surface area contributed by atoms with E-state index in [-0.39, 0.29) is 0 Å². The fourth-order valence-electron chi connectivity index (χ4n) is 1.36. The standard InChI is InChI=1S/C12H10F2N2OS/c1-17-9-6-15-11(16-7-9)8-2-4-10(5-3-8)18-12(13)14/h2-7,12H,1H3. The largest absolute Gasteiger partial charge is 0.494 e. The molecular weight excluding hydrogens is 258 g/mol. The lowest BCUT2D eigenvalue weighted by Crippen LogP contribution is -1.91. The van der Waals surface area contributed by atoms with Crippen LogP contribution in [0.3, 0.4) is 0 Å². The van der Waals surface area contributed by atoms with E-state index < -0.39 is 5.76 Å². The summed E-state index contributed by atoms with van der Waals surface area (Å²) in [7, 11) is 1.54. The molecule has 0 aliphatic rings. The van der Waals surface area contributed by atoms with E-state index in [1.165, 1.54) is 7.11 Å². The van der Waals surface area contributed by atoms with Gasteiger partial charge in [0.15, 0.2) is 11.6 Å². The second-order valence-electron chi connectivity index (χ2n) is 3.35. The maximum absolute atomic E-state index is 12.2. The number of aromatic nitrogens is 2. The van der Waals surface area contributed by atoms with Gasteiger partial charge in [-0.15, -0.1) is 0 Å². The van der Waals surface area contributed by atoms with E-state index >= 15 is 0 Å². The number of nitrogens with zero attached hydrogens (tertiary/aromatic N) is 2. The molecule has 0 unspecified atom stereocenters. The summed E-state index contributed by atoms with van der Waals surface area (Å²) in [6, 6.07) is 6.68. The highest BCUT2D eigenvalue weighted by molar-refractivity contribution is 7.99. The first-order valence-electron chi connectivity index (χ1n) is 5.10. The maximum atomic E-state index is 12.2. The smallest absolute Gasteiger partial charge is 0.288 e. The van der Waals surface area contributed by atoms with Crippen molar-refractivity contribution in [1.82, 2.24) is 9.97 Å². The van der Waals surface area contributed by atoms with Crippen molar-refractivity contribution < 1.29 is 13.5 Å². The van der Waals surface area contributed by atoms with Crippen molar-refractivity contribution >= 4 is 11.8 Å². The summed E-state index contributed by atoms with van der Waals surface area (Å²) in [5.41, 5.74) is 0.774. The molecule has 6 heteroatoms. The molecule has 0 aliphatic heterocycles. The topological polar surface area (TPSA) is 35.0 Å². The molecule has 18 heavy (non-hydrogen) atoms. The number of halogens is 2. The number of alkyl halides is 2. The van der Waals surface area contributed by atoms with Crippen LogP contribution < -0.4 is 4.74 Å². The minimum Gasteiger partial charge on any atom is -0.494 e.